The van der Waals surface area contributed by atoms with Crippen LogP contribution in [0.3, 0.4) is 0 Å². The number of oxime groups is 1. The summed E-state index contributed by atoms with van der Waals surface area (Å²) in [5.74, 6) is 0.0609. The second-order valence-corrected chi connectivity index (χ2v) is 14.1. The zero-order valence-corrected chi connectivity index (χ0v) is 28.5. The first kappa shape index (κ1) is 33.5. The number of Topliss-reactive ketones (excluding diaryl/α,β-unsaturated/α-hetero) is 1. The molecule has 3 atom stereocenters. The largest absolute Gasteiger partial charge is 0.429 e. The molecule has 3 aliphatic rings. The van der Waals surface area contributed by atoms with Crippen LogP contribution in [-0.4, -0.2) is 69.9 Å². The quantitative estimate of drug-likeness (QED) is 0.0825. The molecule has 3 aromatic rings. The van der Waals surface area contributed by atoms with Crippen LogP contribution in [0.15, 0.2) is 60.0 Å². The first-order valence-corrected chi connectivity index (χ1v) is 17.2. The molecule has 1 saturated heterocycles. The van der Waals surface area contributed by atoms with E-state index in [1.807, 2.05) is 32.0 Å². The van der Waals surface area contributed by atoms with Crippen LogP contribution < -0.4 is 0 Å². The number of nitrogens with zero attached hydrogens (tertiary/aromatic N) is 3. The van der Waals surface area contributed by atoms with E-state index in [1.54, 1.807) is 12.4 Å². The lowest BCUT2D eigenvalue weighted by Gasteiger charge is -2.39. The molecule has 0 radical (unpaired) electrons. The van der Waals surface area contributed by atoms with Crippen molar-refractivity contribution in [1.82, 2.24) is 9.88 Å². The maximum absolute atomic E-state index is 14.5. The highest BCUT2D eigenvalue weighted by Crippen LogP contribution is 2.55. The van der Waals surface area contributed by atoms with Crippen LogP contribution in [0.4, 0.5) is 4.79 Å². The Morgan fingerprint density at radius 3 is 2.40 bits per heavy atom. The molecule has 0 spiro atoms. The van der Waals surface area contributed by atoms with E-state index in [1.165, 1.54) is 5.56 Å². The topological polar surface area (TPSA) is 101 Å². The van der Waals surface area contributed by atoms with Crippen LogP contribution in [-0.2, 0) is 15.0 Å². The number of aromatic nitrogens is 1. The van der Waals surface area contributed by atoms with Crippen molar-refractivity contribution in [2.45, 2.75) is 83.3 Å². The lowest BCUT2D eigenvalue weighted by Crippen LogP contribution is -2.54. The van der Waals surface area contributed by atoms with Gasteiger partial charge in [0.15, 0.2) is 5.78 Å². The van der Waals surface area contributed by atoms with Crippen LogP contribution in [0.1, 0.15) is 93.3 Å². The van der Waals surface area contributed by atoms with Crippen molar-refractivity contribution in [2.75, 3.05) is 26.3 Å². The van der Waals surface area contributed by atoms with Gasteiger partial charge in [0.2, 0.25) is 0 Å². The predicted octanol–water partition coefficient (Wildman–Crippen LogP) is 7.76. The molecule has 0 amide bonds. The highest BCUT2D eigenvalue weighted by atomic mass is 35.5. The van der Waals surface area contributed by atoms with Gasteiger partial charge in [0, 0.05) is 48.1 Å². The van der Waals surface area contributed by atoms with Gasteiger partial charge in [-0.15, -0.1) is 0 Å². The van der Waals surface area contributed by atoms with Crippen molar-refractivity contribution in [1.29, 1.82) is 0 Å². The van der Waals surface area contributed by atoms with Crippen LogP contribution in [0.5, 0.6) is 0 Å². The average molecular weight is 658 g/mol. The molecule has 1 aromatic heterocycles. The van der Waals surface area contributed by atoms with Crippen LogP contribution in [0.25, 0.3) is 22.3 Å². The molecule has 1 saturated carbocycles. The van der Waals surface area contributed by atoms with Gasteiger partial charge >= 0.3 is 5.43 Å². The Morgan fingerprint density at radius 2 is 1.72 bits per heavy atom. The molecule has 248 valence electrons. The number of benzene rings is 2. The highest BCUT2D eigenvalue weighted by molar-refractivity contribution is 6.61. The van der Waals surface area contributed by atoms with Gasteiger partial charge in [0.1, 0.15) is 0 Å². The van der Waals surface area contributed by atoms with Crippen LogP contribution >= 0.6 is 11.6 Å². The summed E-state index contributed by atoms with van der Waals surface area (Å²) in [6.07, 6.45) is 8.08. The SMILES string of the molecule is CCC1(C)c2ccc(/C(CC3CCCCC3O)=N/OC(=O)Cl)cc2-c2cc(C(=O)C(C)(C)N3CCOCC3)cc(-c3ccncc3)c21. The molecule has 0 bridgehead atoms. The molecule has 9 heteroatoms. The normalized spacial score (nSPS) is 23.2. The lowest BCUT2D eigenvalue weighted by atomic mass is 9.74. The third-order valence-corrected chi connectivity index (χ3v) is 10.9. The van der Waals surface area contributed by atoms with Crippen molar-refractivity contribution < 1.29 is 24.3 Å². The standard InChI is InChI=1S/C38H44ClN3O5/c1-5-38(4)31-11-10-25(32(41-47-36(39)45)23-26-8-6-7-9-33(26)43)20-29(31)30-22-27(21-28(34(30)38)24-12-14-40-15-13-24)35(44)37(2,3)42-16-18-46-19-17-42/h10-15,20-22,26,33,43H,5-9,16-19,23H2,1-4H3/b41-32+. The number of hydrogen-bond acceptors (Lipinski definition) is 8. The first-order valence-electron chi connectivity index (χ1n) is 16.8. The molecule has 2 heterocycles. The Bertz CT molecular complexity index is 1680. The Labute approximate surface area is 282 Å². The molecule has 2 fully saturated rings. The number of fused-ring (bicyclic) bond motifs is 3. The van der Waals surface area contributed by atoms with Gasteiger partial charge in [-0.05, 0) is 115 Å². The molecule has 6 rings (SSSR count). The van der Waals surface area contributed by atoms with Crippen LogP contribution in [0, 0.1) is 5.92 Å². The molecule has 1 N–H and O–H groups in total. The number of aliphatic hydroxyl groups is 1. The number of hydrogen-bond donors (Lipinski definition) is 1. The van der Waals surface area contributed by atoms with Crippen LogP contribution in [0.2, 0.25) is 0 Å². The zero-order valence-electron chi connectivity index (χ0n) is 27.7. The van der Waals surface area contributed by atoms with Gasteiger partial charge in [-0.3, -0.25) is 14.7 Å². The van der Waals surface area contributed by atoms with Crippen molar-refractivity contribution in [3.05, 3.63) is 77.1 Å². The maximum Gasteiger partial charge on any atom is 0.429 e. The van der Waals surface area contributed by atoms with E-state index >= 15 is 0 Å². The third-order valence-electron chi connectivity index (χ3n) is 10.8. The van der Waals surface area contributed by atoms with Crippen molar-refractivity contribution in [3.8, 4) is 22.3 Å². The molecule has 2 aromatic carbocycles. The second kappa shape index (κ2) is 13.6. The fourth-order valence-electron chi connectivity index (χ4n) is 7.86. The Hall–Kier alpha value is -3.43. The molecule has 1 aliphatic heterocycles. The first-order chi connectivity index (χ1) is 22.5. The molecule has 3 unspecified atom stereocenters. The summed E-state index contributed by atoms with van der Waals surface area (Å²) >= 11 is 5.55. The van der Waals surface area contributed by atoms with Crippen molar-refractivity contribution in [2.24, 2.45) is 11.1 Å². The minimum Gasteiger partial charge on any atom is -0.393 e. The molecular weight excluding hydrogens is 614 g/mol. The Kier molecular flexibility index (Phi) is 9.68. The van der Waals surface area contributed by atoms with Gasteiger partial charge in [0.05, 0.1) is 30.6 Å². The summed E-state index contributed by atoms with van der Waals surface area (Å²) in [6, 6.07) is 14.4. The third kappa shape index (κ3) is 6.41. The summed E-state index contributed by atoms with van der Waals surface area (Å²) in [6.45, 7) is 11.1. The van der Waals surface area contributed by atoms with Gasteiger partial charge in [-0.2, -0.15) is 0 Å². The number of aliphatic hydroxyl groups excluding tert-OH is 1. The minimum atomic E-state index is -1.01. The summed E-state index contributed by atoms with van der Waals surface area (Å²) in [5.41, 5.74) is 6.33. The summed E-state index contributed by atoms with van der Waals surface area (Å²) in [7, 11) is 0. The number of carbonyl (C=O) groups is 2. The number of carbonyl (C=O) groups excluding carboxylic acids is 2. The van der Waals surface area contributed by atoms with E-state index in [4.69, 9.17) is 21.2 Å². The smallest absolute Gasteiger partial charge is 0.393 e. The van der Waals surface area contributed by atoms with E-state index in [0.717, 1.165) is 65.5 Å². The lowest BCUT2D eigenvalue weighted by molar-refractivity contribution is -0.00429. The monoisotopic (exact) mass is 657 g/mol. The molecule has 47 heavy (non-hydrogen) atoms. The summed E-state index contributed by atoms with van der Waals surface area (Å²) in [5, 5.41) is 15.0. The van der Waals surface area contributed by atoms with E-state index in [-0.39, 0.29) is 17.1 Å². The molecular formula is C38H44ClN3O5. The van der Waals surface area contributed by atoms with Gasteiger partial charge < -0.3 is 14.7 Å². The summed E-state index contributed by atoms with van der Waals surface area (Å²) < 4.78 is 5.59. The Balaban J connectivity index is 1.52. The zero-order chi connectivity index (χ0) is 33.3. The second-order valence-electron chi connectivity index (χ2n) is 13.8. The minimum absolute atomic E-state index is 0.00270. The van der Waals surface area contributed by atoms with E-state index in [2.05, 4.69) is 53.2 Å². The number of halogens is 1. The average Bonchev–Trinajstić information content (AvgIpc) is 3.35. The fourth-order valence-corrected chi connectivity index (χ4v) is 7.90. The number of ketones is 1. The number of morpholine rings is 1. The number of pyridine rings is 1. The Morgan fingerprint density at radius 1 is 1.04 bits per heavy atom. The van der Waals surface area contributed by atoms with E-state index in [0.29, 0.717) is 44.0 Å². The fraction of sp³-hybridized carbons (Fsp3) is 0.474. The van der Waals surface area contributed by atoms with Gasteiger partial charge in [-0.1, -0.05) is 44.0 Å². The maximum atomic E-state index is 14.5. The highest BCUT2D eigenvalue weighted by Gasteiger charge is 2.43. The van der Waals surface area contributed by atoms with Crippen molar-refractivity contribution >= 4 is 28.5 Å². The predicted molar refractivity (Wildman–Crippen MR) is 184 cm³/mol. The van der Waals surface area contributed by atoms with Crippen molar-refractivity contribution in [3.63, 3.8) is 0 Å². The molecule has 2 aliphatic carbocycles. The van der Waals surface area contributed by atoms with E-state index < -0.39 is 17.1 Å². The van der Waals surface area contributed by atoms with Gasteiger partial charge in [0.25, 0.3) is 0 Å². The molecule has 8 nitrogen and oxygen atoms in total. The van der Waals surface area contributed by atoms with Gasteiger partial charge in [-0.25, -0.2) is 4.79 Å². The summed E-state index contributed by atoms with van der Waals surface area (Å²) in [4.78, 5) is 37.5. The van der Waals surface area contributed by atoms with E-state index in [9.17, 15) is 14.7 Å². The number of ether oxygens (including phenoxy) is 1. The number of rotatable bonds is 9.